The van der Waals surface area contributed by atoms with E-state index in [-0.39, 0.29) is 12.4 Å². The van der Waals surface area contributed by atoms with Gasteiger partial charge in [-0.25, -0.2) is 9.97 Å². The lowest BCUT2D eigenvalue weighted by Gasteiger charge is -2.34. The van der Waals surface area contributed by atoms with E-state index in [4.69, 9.17) is 14.7 Å². The highest BCUT2D eigenvalue weighted by atomic mass is 35.5. The van der Waals surface area contributed by atoms with Crippen LogP contribution in [-0.2, 0) is 13.0 Å². The Bertz CT molecular complexity index is 766. The van der Waals surface area contributed by atoms with Gasteiger partial charge in [0, 0.05) is 30.3 Å². The molecular weight excluding hydrogens is 360 g/mol. The molecule has 3 heterocycles. The fourth-order valence-corrected chi connectivity index (χ4v) is 4.03. The number of rotatable bonds is 3. The number of piperidine rings is 1. The van der Waals surface area contributed by atoms with Crippen LogP contribution in [0.25, 0.3) is 11.3 Å². The van der Waals surface area contributed by atoms with Crippen LogP contribution in [0.1, 0.15) is 43.9 Å². The number of methoxy groups -OCH3 is 1. The second-order valence-electron chi connectivity index (χ2n) is 7.34. The van der Waals surface area contributed by atoms with Crippen molar-refractivity contribution in [3.8, 4) is 17.0 Å². The predicted molar refractivity (Wildman–Crippen MR) is 112 cm³/mol. The highest BCUT2D eigenvalue weighted by Gasteiger charge is 2.24. The highest BCUT2D eigenvalue weighted by Crippen LogP contribution is 2.31. The molecule has 1 fully saturated rings. The van der Waals surface area contributed by atoms with E-state index in [1.165, 1.54) is 24.8 Å². The first-order valence-electron chi connectivity index (χ1n) is 9.78. The van der Waals surface area contributed by atoms with Crippen molar-refractivity contribution in [2.75, 3.05) is 25.1 Å². The van der Waals surface area contributed by atoms with E-state index in [2.05, 4.69) is 29.3 Å². The molecule has 4 rings (SSSR count). The van der Waals surface area contributed by atoms with Gasteiger partial charge in [0.1, 0.15) is 5.75 Å². The molecule has 5 nitrogen and oxygen atoms in total. The monoisotopic (exact) mass is 388 g/mol. The Morgan fingerprint density at radius 2 is 1.93 bits per heavy atom. The fraction of sp³-hybridized carbons (Fsp3) is 0.524. The zero-order chi connectivity index (χ0) is 17.9. The molecule has 2 aromatic rings. The van der Waals surface area contributed by atoms with Gasteiger partial charge in [-0.2, -0.15) is 0 Å². The van der Waals surface area contributed by atoms with Gasteiger partial charge < -0.3 is 15.0 Å². The molecule has 1 saturated heterocycles. The molecule has 1 aromatic carbocycles. The summed E-state index contributed by atoms with van der Waals surface area (Å²) < 4.78 is 5.32. The standard InChI is InChI=1S/C21H28N4O.ClH/c1-15-6-3-4-13-25(15)21-23-19-14-22-12-5-7-18(19)20(24-21)16-8-10-17(26-2)11-9-16;/h8-11,15,22H,3-7,12-14H2,1-2H3;1H. The first kappa shape index (κ1) is 19.9. The van der Waals surface area contributed by atoms with E-state index in [1.54, 1.807) is 7.11 Å². The first-order chi connectivity index (χ1) is 12.8. The van der Waals surface area contributed by atoms with Crippen molar-refractivity contribution >= 4 is 18.4 Å². The average molecular weight is 389 g/mol. The van der Waals surface area contributed by atoms with Crippen molar-refractivity contribution in [1.82, 2.24) is 15.3 Å². The summed E-state index contributed by atoms with van der Waals surface area (Å²) in [6, 6.07) is 8.76. The Balaban J connectivity index is 0.00000210. The Morgan fingerprint density at radius 3 is 2.67 bits per heavy atom. The van der Waals surface area contributed by atoms with Crippen LogP contribution in [-0.4, -0.2) is 36.2 Å². The molecule has 2 aliphatic heterocycles. The first-order valence-corrected chi connectivity index (χ1v) is 9.78. The van der Waals surface area contributed by atoms with E-state index in [1.807, 2.05) is 12.1 Å². The molecule has 0 spiro atoms. The van der Waals surface area contributed by atoms with Gasteiger partial charge in [0.2, 0.25) is 5.95 Å². The lowest BCUT2D eigenvalue weighted by molar-refractivity contribution is 0.415. The number of anilines is 1. The minimum Gasteiger partial charge on any atom is -0.497 e. The van der Waals surface area contributed by atoms with Crippen LogP contribution in [0.4, 0.5) is 5.95 Å². The molecule has 1 atom stereocenters. The number of fused-ring (bicyclic) bond motifs is 1. The Hall–Kier alpha value is -1.85. The largest absolute Gasteiger partial charge is 0.497 e. The summed E-state index contributed by atoms with van der Waals surface area (Å²) in [5, 5.41) is 3.51. The predicted octanol–water partition coefficient (Wildman–Crippen LogP) is 3.99. The summed E-state index contributed by atoms with van der Waals surface area (Å²) >= 11 is 0. The molecule has 1 unspecified atom stereocenters. The van der Waals surface area contributed by atoms with Crippen LogP contribution in [0.3, 0.4) is 0 Å². The molecular formula is C21H29ClN4O. The molecule has 2 aliphatic rings. The van der Waals surface area contributed by atoms with Crippen molar-refractivity contribution in [3.63, 3.8) is 0 Å². The number of hydrogen-bond donors (Lipinski definition) is 1. The van der Waals surface area contributed by atoms with Crippen LogP contribution in [0.2, 0.25) is 0 Å². The van der Waals surface area contributed by atoms with Crippen molar-refractivity contribution in [2.45, 2.75) is 51.6 Å². The van der Waals surface area contributed by atoms with E-state index >= 15 is 0 Å². The molecule has 146 valence electrons. The summed E-state index contributed by atoms with van der Waals surface area (Å²) in [4.78, 5) is 12.5. The maximum absolute atomic E-state index is 5.32. The fourth-order valence-electron chi connectivity index (χ4n) is 4.03. The van der Waals surface area contributed by atoms with Crippen molar-refractivity contribution in [1.29, 1.82) is 0 Å². The normalized spacial score (nSPS) is 19.6. The average Bonchev–Trinajstić information content (AvgIpc) is 2.93. The summed E-state index contributed by atoms with van der Waals surface area (Å²) in [5.41, 5.74) is 4.70. The maximum Gasteiger partial charge on any atom is 0.226 e. The quantitative estimate of drug-likeness (QED) is 0.861. The third-order valence-electron chi connectivity index (χ3n) is 5.58. The smallest absolute Gasteiger partial charge is 0.226 e. The maximum atomic E-state index is 5.32. The second-order valence-corrected chi connectivity index (χ2v) is 7.34. The number of aromatic nitrogens is 2. The van der Waals surface area contributed by atoms with Crippen molar-refractivity contribution < 1.29 is 4.74 Å². The van der Waals surface area contributed by atoms with E-state index in [9.17, 15) is 0 Å². The van der Waals surface area contributed by atoms with Crippen LogP contribution >= 0.6 is 12.4 Å². The molecule has 6 heteroatoms. The van der Waals surface area contributed by atoms with Gasteiger partial charge in [0.15, 0.2) is 0 Å². The zero-order valence-corrected chi connectivity index (χ0v) is 17.0. The molecule has 1 aromatic heterocycles. The third-order valence-corrected chi connectivity index (χ3v) is 5.58. The summed E-state index contributed by atoms with van der Waals surface area (Å²) in [6.07, 6.45) is 5.89. The lowest BCUT2D eigenvalue weighted by Crippen LogP contribution is -2.39. The van der Waals surface area contributed by atoms with Gasteiger partial charge in [0.25, 0.3) is 0 Å². The molecule has 0 radical (unpaired) electrons. The zero-order valence-electron chi connectivity index (χ0n) is 16.2. The molecule has 27 heavy (non-hydrogen) atoms. The van der Waals surface area contributed by atoms with E-state index in [0.717, 1.165) is 61.1 Å². The molecule has 0 amide bonds. The minimum atomic E-state index is 0. The molecule has 1 N–H and O–H groups in total. The number of halogens is 1. The van der Waals surface area contributed by atoms with E-state index in [0.29, 0.717) is 6.04 Å². The molecule has 0 saturated carbocycles. The van der Waals surface area contributed by atoms with Gasteiger partial charge in [-0.05, 0) is 69.8 Å². The number of nitrogens with zero attached hydrogens (tertiary/aromatic N) is 3. The van der Waals surface area contributed by atoms with Crippen LogP contribution < -0.4 is 15.0 Å². The third kappa shape index (κ3) is 4.19. The van der Waals surface area contributed by atoms with Gasteiger partial charge in [-0.1, -0.05) is 0 Å². The molecule has 0 bridgehead atoms. The SMILES string of the molecule is COc1ccc(-c2nc(N3CCCCC3C)nc3c2CCCNC3)cc1.Cl. The van der Waals surface area contributed by atoms with Crippen molar-refractivity contribution in [2.24, 2.45) is 0 Å². The Kier molecular flexibility index (Phi) is 6.55. The molecule has 0 aliphatic carbocycles. The van der Waals surface area contributed by atoms with Gasteiger partial charge >= 0.3 is 0 Å². The van der Waals surface area contributed by atoms with Crippen LogP contribution in [0, 0.1) is 0 Å². The minimum absolute atomic E-state index is 0. The highest BCUT2D eigenvalue weighted by molar-refractivity contribution is 5.85. The summed E-state index contributed by atoms with van der Waals surface area (Å²) in [5.74, 6) is 1.77. The summed E-state index contributed by atoms with van der Waals surface area (Å²) in [6.45, 7) is 5.21. The Morgan fingerprint density at radius 1 is 1.11 bits per heavy atom. The van der Waals surface area contributed by atoms with Gasteiger partial charge in [-0.3, -0.25) is 0 Å². The van der Waals surface area contributed by atoms with Crippen LogP contribution in [0.15, 0.2) is 24.3 Å². The number of hydrogen-bond acceptors (Lipinski definition) is 5. The van der Waals surface area contributed by atoms with Gasteiger partial charge in [0.05, 0.1) is 18.5 Å². The number of benzene rings is 1. The number of ether oxygens (including phenoxy) is 1. The van der Waals surface area contributed by atoms with Crippen LogP contribution in [0.5, 0.6) is 5.75 Å². The van der Waals surface area contributed by atoms with Gasteiger partial charge in [-0.15, -0.1) is 12.4 Å². The lowest BCUT2D eigenvalue weighted by atomic mass is 10.0. The topological polar surface area (TPSA) is 50.3 Å². The second kappa shape index (κ2) is 8.89. The van der Waals surface area contributed by atoms with E-state index < -0.39 is 0 Å². The summed E-state index contributed by atoms with van der Waals surface area (Å²) in [7, 11) is 1.70. The Labute approximate surface area is 168 Å². The number of nitrogens with one attached hydrogen (secondary N) is 1. The van der Waals surface area contributed by atoms with Crippen molar-refractivity contribution in [3.05, 3.63) is 35.5 Å².